The second-order valence-corrected chi connectivity index (χ2v) is 4.66. The Labute approximate surface area is 91.1 Å². The number of rotatable bonds is 3. The maximum Gasteiger partial charge on any atom is 0.158 e. The molecule has 0 spiro atoms. The Morgan fingerprint density at radius 3 is 2.67 bits per heavy atom. The van der Waals surface area contributed by atoms with Crippen molar-refractivity contribution in [2.75, 3.05) is 13.2 Å². The molecule has 1 N–H and O–H groups in total. The van der Waals surface area contributed by atoms with Gasteiger partial charge >= 0.3 is 0 Å². The molecular weight excluding hydrogens is 192 g/mol. The van der Waals surface area contributed by atoms with Crippen LogP contribution in [0, 0.1) is 17.8 Å². The molecule has 0 radical (unpaired) electrons. The monoisotopic (exact) mass is 212 g/mol. The summed E-state index contributed by atoms with van der Waals surface area (Å²) in [4.78, 5) is 0. The van der Waals surface area contributed by atoms with Crippen molar-refractivity contribution in [2.24, 2.45) is 17.8 Å². The van der Waals surface area contributed by atoms with Gasteiger partial charge in [0.25, 0.3) is 0 Å². The summed E-state index contributed by atoms with van der Waals surface area (Å²) in [6.07, 6.45) is 3.30. The molecule has 3 heteroatoms. The van der Waals surface area contributed by atoms with E-state index in [2.05, 4.69) is 13.5 Å². The van der Waals surface area contributed by atoms with Crippen molar-refractivity contribution >= 4 is 0 Å². The topological polar surface area (TPSA) is 38.7 Å². The summed E-state index contributed by atoms with van der Waals surface area (Å²) in [5, 5.41) is 9.96. The highest BCUT2D eigenvalue weighted by atomic mass is 16.7. The summed E-state index contributed by atoms with van der Waals surface area (Å²) >= 11 is 0. The third-order valence-electron chi connectivity index (χ3n) is 3.69. The van der Waals surface area contributed by atoms with Gasteiger partial charge in [-0.25, -0.2) is 0 Å². The van der Waals surface area contributed by atoms with Gasteiger partial charge in [0.2, 0.25) is 0 Å². The minimum Gasteiger partial charge on any atom is -0.393 e. The number of aliphatic hydroxyl groups excluding tert-OH is 1. The van der Waals surface area contributed by atoms with Gasteiger partial charge in [0.15, 0.2) is 6.29 Å². The number of aliphatic hydroxyl groups is 1. The van der Waals surface area contributed by atoms with Crippen molar-refractivity contribution in [3.8, 4) is 0 Å². The molecule has 1 aliphatic heterocycles. The molecule has 0 bridgehead atoms. The van der Waals surface area contributed by atoms with Gasteiger partial charge in [-0.2, -0.15) is 0 Å². The van der Waals surface area contributed by atoms with E-state index in [9.17, 15) is 5.11 Å². The molecule has 0 unspecified atom stereocenters. The van der Waals surface area contributed by atoms with Crippen molar-refractivity contribution < 1.29 is 14.6 Å². The first kappa shape index (κ1) is 11.1. The fourth-order valence-electron chi connectivity index (χ4n) is 2.88. The van der Waals surface area contributed by atoms with E-state index in [1.807, 2.05) is 6.08 Å². The maximum atomic E-state index is 9.96. The first-order valence-corrected chi connectivity index (χ1v) is 5.76. The number of allylic oxidation sites excluding steroid dienone is 1. The molecule has 86 valence electrons. The van der Waals surface area contributed by atoms with Gasteiger partial charge in [0.05, 0.1) is 19.3 Å². The molecule has 2 fully saturated rings. The zero-order valence-corrected chi connectivity index (χ0v) is 9.26. The number of hydrogen-bond donors (Lipinski definition) is 1. The van der Waals surface area contributed by atoms with Crippen LogP contribution in [0.2, 0.25) is 0 Å². The van der Waals surface area contributed by atoms with Crippen molar-refractivity contribution in [3.05, 3.63) is 12.7 Å². The summed E-state index contributed by atoms with van der Waals surface area (Å²) in [6, 6.07) is 0. The quantitative estimate of drug-likeness (QED) is 0.722. The van der Waals surface area contributed by atoms with E-state index >= 15 is 0 Å². The van der Waals surface area contributed by atoms with Crippen molar-refractivity contribution in [3.63, 3.8) is 0 Å². The van der Waals surface area contributed by atoms with E-state index in [1.54, 1.807) is 0 Å². The number of ether oxygens (including phenoxy) is 2. The molecule has 1 aliphatic carbocycles. The Kier molecular flexibility index (Phi) is 3.44. The lowest BCUT2D eigenvalue weighted by Gasteiger charge is -2.23. The lowest BCUT2D eigenvalue weighted by Crippen LogP contribution is -2.25. The average molecular weight is 212 g/mol. The van der Waals surface area contributed by atoms with Crippen LogP contribution < -0.4 is 0 Å². The van der Waals surface area contributed by atoms with Crippen LogP contribution in [-0.2, 0) is 9.47 Å². The molecule has 15 heavy (non-hydrogen) atoms. The van der Waals surface area contributed by atoms with Gasteiger partial charge in [-0.05, 0) is 24.2 Å². The first-order valence-electron chi connectivity index (χ1n) is 5.76. The van der Waals surface area contributed by atoms with Gasteiger partial charge in [0, 0.05) is 6.42 Å². The van der Waals surface area contributed by atoms with Crippen molar-refractivity contribution in [2.45, 2.75) is 32.2 Å². The van der Waals surface area contributed by atoms with Crippen LogP contribution in [0.25, 0.3) is 0 Å². The second-order valence-electron chi connectivity index (χ2n) is 4.66. The molecule has 4 atom stereocenters. The summed E-state index contributed by atoms with van der Waals surface area (Å²) in [7, 11) is 0. The normalized spacial score (nSPS) is 42.3. The fourth-order valence-corrected chi connectivity index (χ4v) is 2.88. The van der Waals surface area contributed by atoms with Crippen molar-refractivity contribution in [1.29, 1.82) is 0 Å². The van der Waals surface area contributed by atoms with Crippen LogP contribution in [-0.4, -0.2) is 30.7 Å². The fraction of sp³-hybridized carbons (Fsp3) is 0.833. The van der Waals surface area contributed by atoms with Gasteiger partial charge in [-0.1, -0.05) is 13.0 Å². The van der Waals surface area contributed by atoms with E-state index in [4.69, 9.17) is 9.47 Å². The molecule has 1 saturated carbocycles. The SMILES string of the molecule is C=C[C@@H]1[C@@H](CC2OCCO2)[C@@H](O)C[C@H]1C. The highest BCUT2D eigenvalue weighted by Crippen LogP contribution is 2.41. The number of hydrogen-bond acceptors (Lipinski definition) is 3. The molecule has 0 aromatic heterocycles. The molecule has 0 aromatic rings. The van der Waals surface area contributed by atoms with E-state index in [0.29, 0.717) is 25.0 Å². The Morgan fingerprint density at radius 1 is 1.40 bits per heavy atom. The van der Waals surface area contributed by atoms with Crippen molar-refractivity contribution in [1.82, 2.24) is 0 Å². The smallest absolute Gasteiger partial charge is 0.158 e. The standard InChI is InChI=1S/C12H20O3/c1-3-9-8(2)6-11(13)10(9)7-12-14-4-5-15-12/h3,8-13H,1,4-7H2,2H3/t8-,9+,10-,11+/m1/s1. The van der Waals surface area contributed by atoms with E-state index < -0.39 is 0 Å². The molecule has 1 saturated heterocycles. The Balaban J connectivity index is 1.96. The van der Waals surface area contributed by atoms with Crippen LogP contribution in [0.3, 0.4) is 0 Å². The van der Waals surface area contributed by atoms with Crippen LogP contribution in [0.1, 0.15) is 19.8 Å². The highest BCUT2D eigenvalue weighted by molar-refractivity contribution is 4.97. The van der Waals surface area contributed by atoms with E-state index in [0.717, 1.165) is 12.8 Å². The van der Waals surface area contributed by atoms with E-state index in [-0.39, 0.29) is 18.3 Å². The predicted octanol–water partition coefficient (Wildman–Crippen LogP) is 1.57. The van der Waals surface area contributed by atoms with Gasteiger partial charge in [-0.15, -0.1) is 6.58 Å². The minimum atomic E-state index is -0.226. The zero-order valence-electron chi connectivity index (χ0n) is 9.26. The summed E-state index contributed by atoms with van der Waals surface area (Å²) in [5.41, 5.74) is 0. The zero-order chi connectivity index (χ0) is 10.8. The summed E-state index contributed by atoms with van der Waals surface area (Å²) in [5.74, 6) is 1.16. The van der Waals surface area contributed by atoms with Gasteiger partial charge in [0.1, 0.15) is 0 Å². The summed E-state index contributed by atoms with van der Waals surface area (Å²) in [6.45, 7) is 7.40. The first-order chi connectivity index (χ1) is 7.22. The Morgan fingerprint density at radius 2 is 2.07 bits per heavy atom. The van der Waals surface area contributed by atoms with Crippen LogP contribution >= 0.6 is 0 Å². The Bertz CT molecular complexity index is 223. The third-order valence-corrected chi connectivity index (χ3v) is 3.69. The molecule has 0 amide bonds. The van der Waals surface area contributed by atoms with Crippen LogP contribution in [0.5, 0.6) is 0 Å². The molecule has 0 aromatic carbocycles. The van der Waals surface area contributed by atoms with E-state index in [1.165, 1.54) is 0 Å². The molecule has 2 rings (SSSR count). The van der Waals surface area contributed by atoms with Gasteiger partial charge in [-0.3, -0.25) is 0 Å². The van der Waals surface area contributed by atoms with Crippen LogP contribution in [0.15, 0.2) is 12.7 Å². The lowest BCUT2D eigenvalue weighted by atomic mass is 9.87. The highest BCUT2D eigenvalue weighted by Gasteiger charge is 2.40. The molecule has 3 nitrogen and oxygen atoms in total. The minimum absolute atomic E-state index is 0.114. The second kappa shape index (κ2) is 4.64. The summed E-state index contributed by atoms with van der Waals surface area (Å²) < 4.78 is 10.8. The lowest BCUT2D eigenvalue weighted by molar-refractivity contribution is -0.0691. The average Bonchev–Trinajstić information content (AvgIpc) is 2.77. The third kappa shape index (κ3) is 2.25. The Hall–Kier alpha value is -0.380. The predicted molar refractivity (Wildman–Crippen MR) is 57.3 cm³/mol. The molecule has 1 heterocycles. The largest absolute Gasteiger partial charge is 0.393 e. The molecule has 2 aliphatic rings. The van der Waals surface area contributed by atoms with Crippen LogP contribution in [0.4, 0.5) is 0 Å². The molecular formula is C12H20O3. The van der Waals surface area contributed by atoms with Gasteiger partial charge < -0.3 is 14.6 Å². The maximum absolute atomic E-state index is 9.96.